The molecule has 1 saturated carbocycles. The van der Waals surface area contributed by atoms with Crippen LogP contribution in [0.15, 0.2) is 5.03 Å². The quantitative estimate of drug-likeness (QED) is 0.489. The molecule has 1 fully saturated rings. The molecule has 6 heteroatoms. The van der Waals surface area contributed by atoms with Crippen molar-refractivity contribution in [3.8, 4) is 0 Å². The lowest BCUT2D eigenvalue weighted by molar-refractivity contribution is 0.0690. The molecule has 0 unspecified atom stereocenters. The number of aromatic nitrogens is 2. The number of alkyl halides is 1. The molecule has 18 heavy (non-hydrogen) atoms. The number of nitrogens with zero attached hydrogens (tertiary/aromatic N) is 2. The molecule has 1 aromatic rings. The van der Waals surface area contributed by atoms with Gasteiger partial charge >= 0.3 is 5.97 Å². The second-order valence-electron chi connectivity index (χ2n) is 4.32. The number of hydrogen-bond donors (Lipinski definition) is 1. The molecule has 0 saturated heterocycles. The molecular weight excluding hydrogens is 255 g/mol. The van der Waals surface area contributed by atoms with E-state index in [2.05, 4.69) is 9.97 Å². The zero-order chi connectivity index (χ0) is 13.1. The predicted octanol–water partition coefficient (Wildman–Crippen LogP) is 2.81. The van der Waals surface area contributed by atoms with Crippen molar-refractivity contribution in [2.24, 2.45) is 0 Å². The van der Waals surface area contributed by atoms with Gasteiger partial charge in [-0.25, -0.2) is 14.8 Å². The molecule has 1 aliphatic rings. The minimum absolute atomic E-state index is 0.156. The van der Waals surface area contributed by atoms with Gasteiger partial charge in [0.2, 0.25) is 0 Å². The lowest BCUT2D eigenvalue weighted by Gasteiger charge is -2.09. The molecule has 4 nitrogen and oxygen atoms in total. The fourth-order valence-electron chi connectivity index (χ4n) is 1.67. The first-order chi connectivity index (χ1) is 8.63. The number of aromatic carboxylic acids is 1. The summed E-state index contributed by atoms with van der Waals surface area (Å²) in [6, 6.07) is 0. The summed E-state index contributed by atoms with van der Waals surface area (Å²) in [5.41, 5.74) is 0.658. The second-order valence-corrected chi connectivity index (χ2v) is 5.40. The van der Waals surface area contributed by atoms with Gasteiger partial charge in [0.15, 0.2) is 0 Å². The fourth-order valence-corrected chi connectivity index (χ4v) is 2.65. The van der Waals surface area contributed by atoms with Gasteiger partial charge in [0, 0.05) is 11.7 Å². The molecule has 0 aliphatic heterocycles. The number of carboxylic acid groups (broad SMARTS) is 1. The van der Waals surface area contributed by atoms with Crippen molar-refractivity contribution < 1.29 is 14.3 Å². The summed E-state index contributed by atoms with van der Waals surface area (Å²) in [4.78, 5) is 19.8. The van der Waals surface area contributed by atoms with Crippen LogP contribution in [-0.2, 0) is 0 Å². The summed E-state index contributed by atoms with van der Waals surface area (Å²) >= 11 is 1.30. The van der Waals surface area contributed by atoms with Crippen molar-refractivity contribution in [1.82, 2.24) is 9.97 Å². The Hall–Kier alpha value is -1.17. The monoisotopic (exact) mass is 270 g/mol. The highest BCUT2D eigenvalue weighted by Gasteiger charge is 2.29. The van der Waals surface area contributed by atoms with E-state index in [1.165, 1.54) is 11.8 Å². The minimum atomic E-state index is -1.02. The van der Waals surface area contributed by atoms with Gasteiger partial charge in [-0.2, -0.15) is 0 Å². The maximum absolute atomic E-state index is 12.1. The molecule has 0 amide bonds. The lowest BCUT2D eigenvalue weighted by atomic mass is 10.2. The normalized spacial score (nSPS) is 14.8. The molecule has 0 aromatic carbocycles. The van der Waals surface area contributed by atoms with Crippen LogP contribution in [-0.4, -0.2) is 33.5 Å². The molecule has 1 N–H and O–H groups in total. The zero-order valence-corrected chi connectivity index (χ0v) is 11.0. The van der Waals surface area contributed by atoms with E-state index in [1.807, 2.05) is 0 Å². The molecule has 98 valence electrons. The van der Waals surface area contributed by atoms with Crippen molar-refractivity contribution in [1.29, 1.82) is 0 Å². The average Bonchev–Trinajstić information content (AvgIpc) is 3.11. The SMILES string of the molecule is Cc1nc(C2CC2)nc(SCCCF)c1C(=O)O. The van der Waals surface area contributed by atoms with E-state index in [4.69, 9.17) is 0 Å². The molecule has 1 heterocycles. The lowest BCUT2D eigenvalue weighted by Crippen LogP contribution is -2.09. The van der Waals surface area contributed by atoms with Crippen LogP contribution in [0.1, 0.15) is 47.1 Å². The van der Waals surface area contributed by atoms with Gasteiger partial charge in [0.05, 0.1) is 12.4 Å². The molecule has 0 spiro atoms. The van der Waals surface area contributed by atoms with Gasteiger partial charge in [-0.15, -0.1) is 11.8 Å². The molecule has 0 atom stereocenters. The Labute approximate surface area is 109 Å². The highest BCUT2D eigenvalue weighted by Crippen LogP contribution is 2.39. The van der Waals surface area contributed by atoms with E-state index in [-0.39, 0.29) is 5.56 Å². The summed E-state index contributed by atoms with van der Waals surface area (Å²) in [6.45, 7) is 1.30. The molecule has 0 bridgehead atoms. The number of thioether (sulfide) groups is 1. The van der Waals surface area contributed by atoms with E-state index in [0.717, 1.165) is 18.7 Å². The van der Waals surface area contributed by atoms with Gasteiger partial charge in [-0.3, -0.25) is 4.39 Å². The van der Waals surface area contributed by atoms with Crippen molar-refractivity contribution in [2.75, 3.05) is 12.4 Å². The summed E-state index contributed by atoms with van der Waals surface area (Å²) < 4.78 is 12.1. The molecule has 0 radical (unpaired) electrons. The molecule has 1 aromatic heterocycles. The Morgan fingerprint density at radius 3 is 2.78 bits per heavy atom. The Kier molecular flexibility index (Phi) is 4.16. The third kappa shape index (κ3) is 2.98. The van der Waals surface area contributed by atoms with Crippen LogP contribution in [0.25, 0.3) is 0 Å². The van der Waals surface area contributed by atoms with Crippen LogP contribution in [0.3, 0.4) is 0 Å². The Morgan fingerprint density at radius 2 is 2.22 bits per heavy atom. The van der Waals surface area contributed by atoms with Gasteiger partial charge in [-0.1, -0.05) is 0 Å². The highest BCUT2D eigenvalue weighted by molar-refractivity contribution is 7.99. The second kappa shape index (κ2) is 5.65. The first kappa shape index (κ1) is 13.3. The Balaban J connectivity index is 2.28. The number of carboxylic acids is 1. The first-order valence-corrected chi connectivity index (χ1v) is 6.92. The van der Waals surface area contributed by atoms with Crippen molar-refractivity contribution in [3.05, 3.63) is 17.1 Å². The molecule has 1 aliphatic carbocycles. The van der Waals surface area contributed by atoms with E-state index in [0.29, 0.717) is 28.8 Å². The Morgan fingerprint density at radius 1 is 1.50 bits per heavy atom. The summed E-state index contributed by atoms with van der Waals surface area (Å²) in [6.07, 6.45) is 2.55. The van der Waals surface area contributed by atoms with E-state index >= 15 is 0 Å². The molecule has 2 rings (SSSR count). The number of halogens is 1. The van der Waals surface area contributed by atoms with E-state index < -0.39 is 12.6 Å². The van der Waals surface area contributed by atoms with Crippen LogP contribution in [0, 0.1) is 6.92 Å². The first-order valence-electron chi connectivity index (χ1n) is 5.94. The number of hydrogen-bond acceptors (Lipinski definition) is 4. The van der Waals surface area contributed by atoms with Crippen molar-refractivity contribution >= 4 is 17.7 Å². The largest absolute Gasteiger partial charge is 0.478 e. The maximum atomic E-state index is 12.1. The predicted molar refractivity (Wildman–Crippen MR) is 67.0 cm³/mol. The third-order valence-corrected chi connectivity index (χ3v) is 3.81. The summed E-state index contributed by atoms with van der Waals surface area (Å²) in [7, 11) is 0. The third-order valence-electron chi connectivity index (χ3n) is 2.75. The van der Waals surface area contributed by atoms with Gasteiger partial charge < -0.3 is 5.11 Å². The Bertz CT molecular complexity index is 464. The molecular formula is C12H15FN2O2S. The zero-order valence-electron chi connectivity index (χ0n) is 10.1. The van der Waals surface area contributed by atoms with Crippen LogP contribution in [0.2, 0.25) is 0 Å². The van der Waals surface area contributed by atoms with E-state index in [1.54, 1.807) is 6.92 Å². The summed E-state index contributed by atoms with van der Waals surface area (Å²) in [5.74, 6) is 0.641. The average molecular weight is 270 g/mol. The van der Waals surface area contributed by atoms with Gasteiger partial charge in [0.25, 0.3) is 0 Å². The number of carbonyl (C=O) groups is 1. The fraction of sp³-hybridized carbons (Fsp3) is 0.583. The number of aryl methyl sites for hydroxylation is 1. The smallest absolute Gasteiger partial charge is 0.340 e. The standard InChI is InChI=1S/C12H15FN2O2S/c1-7-9(12(16)17)11(18-6-2-5-13)15-10(14-7)8-3-4-8/h8H,2-6H2,1H3,(H,16,17). The van der Waals surface area contributed by atoms with Gasteiger partial charge in [0.1, 0.15) is 16.4 Å². The van der Waals surface area contributed by atoms with Crippen LogP contribution < -0.4 is 0 Å². The van der Waals surface area contributed by atoms with Crippen LogP contribution in [0.4, 0.5) is 4.39 Å². The van der Waals surface area contributed by atoms with Gasteiger partial charge in [-0.05, 0) is 26.2 Å². The maximum Gasteiger partial charge on any atom is 0.340 e. The topological polar surface area (TPSA) is 63.1 Å². The number of rotatable bonds is 6. The van der Waals surface area contributed by atoms with Crippen molar-refractivity contribution in [3.63, 3.8) is 0 Å². The van der Waals surface area contributed by atoms with Crippen LogP contribution >= 0.6 is 11.8 Å². The summed E-state index contributed by atoms with van der Waals surface area (Å²) in [5, 5.41) is 9.66. The van der Waals surface area contributed by atoms with E-state index in [9.17, 15) is 14.3 Å². The van der Waals surface area contributed by atoms with Crippen LogP contribution in [0.5, 0.6) is 0 Å². The minimum Gasteiger partial charge on any atom is -0.478 e. The highest BCUT2D eigenvalue weighted by atomic mass is 32.2. The van der Waals surface area contributed by atoms with Crippen molar-refractivity contribution in [2.45, 2.75) is 37.1 Å².